The van der Waals surface area contributed by atoms with Crippen molar-refractivity contribution < 1.29 is 14.3 Å². The molecule has 0 aromatic heterocycles. The number of nitrogens with two attached hydrogens (primary N) is 2. The Hall–Kier alpha value is -1.79. The molecule has 0 radical (unpaired) electrons. The summed E-state index contributed by atoms with van der Waals surface area (Å²) >= 11 is 0. The second-order valence-corrected chi connectivity index (χ2v) is 3.86. The van der Waals surface area contributed by atoms with Crippen LogP contribution >= 0.6 is 0 Å². The van der Waals surface area contributed by atoms with Crippen LogP contribution in [0.4, 0.5) is 11.4 Å². The molecule has 18 heavy (non-hydrogen) atoms. The molecule has 5 N–H and O–H groups in total. The molecule has 1 aromatic rings. The van der Waals surface area contributed by atoms with Crippen LogP contribution in [0, 0.1) is 0 Å². The maximum atomic E-state index is 11.1. The van der Waals surface area contributed by atoms with Gasteiger partial charge in [0.05, 0.1) is 18.3 Å². The average molecular weight is 253 g/mol. The van der Waals surface area contributed by atoms with E-state index in [1.807, 2.05) is 0 Å². The first-order valence-corrected chi connectivity index (χ1v) is 5.53. The van der Waals surface area contributed by atoms with Gasteiger partial charge in [-0.2, -0.15) is 0 Å². The number of nitrogens with one attached hydrogen (secondary N) is 1. The van der Waals surface area contributed by atoms with E-state index in [9.17, 15) is 4.79 Å². The molecule has 0 spiro atoms. The molecular weight excluding hydrogens is 234 g/mol. The summed E-state index contributed by atoms with van der Waals surface area (Å²) in [7, 11) is 3.23. The zero-order valence-electron chi connectivity index (χ0n) is 10.6. The van der Waals surface area contributed by atoms with E-state index in [-0.39, 0.29) is 6.10 Å². The van der Waals surface area contributed by atoms with Crippen LogP contribution in [-0.2, 0) is 9.47 Å². The highest BCUT2D eigenvalue weighted by atomic mass is 16.5. The van der Waals surface area contributed by atoms with Gasteiger partial charge in [-0.05, 0) is 18.2 Å². The minimum atomic E-state index is -0.545. The Balaban J connectivity index is 2.67. The number of amides is 1. The molecule has 1 atom stereocenters. The molecule has 1 unspecified atom stereocenters. The summed E-state index contributed by atoms with van der Waals surface area (Å²) in [6.45, 7) is 1.05. The Morgan fingerprint density at radius 3 is 2.72 bits per heavy atom. The van der Waals surface area contributed by atoms with E-state index < -0.39 is 5.91 Å². The van der Waals surface area contributed by atoms with Gasteiger partial charge in [0.25, 0.3) is 5.91 Å². The second kappa shape index (κ2) is 6.83. The van der Waals surface area contributed by atoms with Gasteiger partial charge in [-0.15, -0.1) is 0 Å². The van der Waals surface area contributed by atoms with E-state index in [4.69, 9.17) is 20.9 Å². The molecular formula is C12H19N3O3. The number of benzene rings is 1. The molecule has 0 fully saturated rings. The highest BCUT2D eigenvalue weighted by molar-refractivity contribution is 5.98. The minimum Gasteiger partial charge on any atom is -0.398 e. The Bertz CT molecular complexity index is 410. The normalized spacial score (nSPS) is 12.1. The molecule has 6 heteroatoms. The fourth-order valence-corrected chi connectivity index (χ4v) is 1.51. The topological polar surface area (TPSA) is 99.6 Å². The fourth-order valence-electron chi connectivity index (χ4n) is 1.51. The Morgan fingerprint density at radius 2 is 2.17 bits per heavy atom. The predicted octanol–water partition coefficient (Wildman–Crippen LogP) is 0.441. The van der Waals surface area contributed by atoms with Crippen LogP contribution < -0.4 is 16.8 Å². The standard InChI is InChI=1S/C12H19N3O3/c1-17-7-9(18-2)6-15-8-3-4-11(13)10(5-8)12(14)16/h3-5,9,15H,6-7,13H2,1-2H3,(H2,14,16). The molecule has 1 aromatic carbocycles. The van der Waals surface area contributed by atoms with Gasteiger partial charge in [-0.25, -0.2) is 0 Å². The minimum absolute atomic E-state index is 0.0652. The van der Waals surface area contributed by atoms with Gasteiger partial charge >= 0.3 is 0 Å². The lowest BCUT2D eigenvalue weighted by Gasteiger charge is -2.16. The maximum absolute atomic E-state index is 11.1. The third-order valence-electron chi connectivity index (χ3n) is 2.54. The lowest BCUT2D eigenvalue weighted by atomic mass is 10.1. The molecule has 0 saturated carbocycles. The van der Waals surface area contributed by atoms with Crippen molar-refractivity contribution in [2.75, 3.05) is 38.4 Å². The Labute approximate surface area is 106 Å². The third kappa shape index (κ3) is 3.90. The van der Waals surface area contributed by atoms with Crippen molar-refractivity contribution in [3.8, 4) is 0 Å². The van der Waals surface area contributed by atoms with Crippen molar-refractivity contribution in [2.24, 2.45) is 5.73 Å². The average Bonchev–Trinajstić information content (AvgIpc) is 2.35. The highest BCUT2D eigenvalue weighted by Crippen LogP contribution is 2.17. The van der Waals surface area contributed by atoms with Crippen LogP contribution in [0.15, 0.2) is 18.2 Å². The van der Waals surface area contributed by atoms with Crippen molar-refractivity contribution in [3.05, 3.63) is 23.8 Å². The van der Waals surface area contributed by atoms with E-state index >= 15 is 0 Å². The summed E-state index contributed by atoms with van der Waals surface area (Å²) in [4.78, 5) is 11.1. The second-order valence-electron chi connectivity index (χ2n) is 3.86. The quantitative estimate of drug-likeness (QED) is 0.612. The summed E-state index contributed by atoms with van der Waals surface area (Å²) in [5.41, 5.74) is 12.3. The van der Waals surface area contributed by atoms with Gasteiger partial charge < -0.3 is 26.3 Å². The molecule has 0 aliphatic heterocycles. The summed E-state index contributed by atoms with van der Waals surface area (Å²) < 4.78 is 10.2. The van der Waals surface area contributed by atoms with Crippen molar-refractivity contribution in [3.63, 3.8) is 0 Å². The molecule has 1 amide bonds. The van der Waals surface area contributed by atoms with Crippen molar-refractivity contribution in [1.29, 1.82) is 0 Å². The molecule has 0 heterocycles. The van der Waals surface area contributed by atoms with Crippen LogP contribution in [0.5, 0.6) is 0 Å². The maximum Gasteiger partial charge on any atom is 0.250 e. The zero-order valence-corrected chi connectivity index (χ0v) is 10.6. The smallest absolute Gasteiger partial charge is 0.250 e. The SMILES string of the molecule is COCC(CNc1ccc(N)c(C(N)=O)c1)OC. The van der Waals surface area contributed by atoms with E-state index in [0.717, 1.165) is 5.69 Å². The monoisotopic (exact) mass is 253 g/mol. The van der Waals surface area contributed by atoms with Crippen LogP contribution in [0.25, 0.3) is 0 Å². The number of rotatable bonds is 7. The first kappa shape index (κ1) is 14.3. The van der Waals surface area contributed by atoms with Crippen molar-refractivity contribution in [2.45, 2.75) is 6.10 Å². The molecule has 0 bridgehead atoms. The highest BCUT2D eigenvalue weighted by Gasteiger charge is 2.09. The number of primary amides is 1. The van der Waals surface area contributed by atoms with Gasteiger partial charge in [0.2, 0.25) is 0 Å². The lowest BCUT2D eigenvalue weighted by Crippen LogP contribution is -2.26. The van der Waals surface area contributed by atoms with Crippen LogP contribution in [0.3, 0.4) is 0 Å². The van der Waals surface area contributed by atoms with Crippen LogP contribution in [0.1, 0.15) is 10.4 Å². The zero-order chi connectivity index (χ0) is 13.5. The van der Waals surface area contributed by atoms with Gasteiger partial charge in [-0.3, -0.25) is 4.79 Å². The number of methoxy groups -OCH3 is 2. The molecule has 0 saturated heterocycles. The van der Waals surface area contributed by atoms with Gasteiger partial charge in [0.15, 0.2) is 0 Å². The van der Waals surface area contributed by atoms with Crippen molar-refractivity contribution in [1.82, 2.24) is 0 Å². The van der Waals surface area contributed by atoms with Gasteiger partial charge in [0, 0.05) is 32.1 Å². The summed E-state index contributed by atoms with van der Waals surface area (Å²) in [6.07, 6.45) is -0.0652. The largest absolute Gasteiger partial charge is 0.398 e. The number of carbonyl (C=O) groups excluding carboxylic acids is 1. The molecule has 0 aliphatic rings. The molecule has 1 rings (SSSR count). The van der Waals surface area contributed by atoms with Crippen LogP contribution in [0.2, 0.25) is 0 Å². The first-order chi connectivity index (χ1) is 8.58. The predicted molar refractivity (Wildman–Crippen MR) is 70.5 cm³/mol. The van der Waals surface area contributed by atoms with E-state index in [1.165, 1.54) is 0 Å². The first-order valence-electron chi connectivity index (χ1n) is 5.53. The Morgan fingerprint density at radius 1 is 1.44 bits per heavy atom. The molecule has 0 aliphatic carbocycles. The van der Waals surface area contributed by atoms with E-state index in [0.29, 0.717) is 24.4 Å². The van der Waals surface area contributed by atoms with E-state index in [2.05, 4.69) is 5.32 Å². The third-order valence-corrected chi connectivity index (χ3v) is 2.54. The van der Waals surface area contributed by atoms with Gasteiger partial charge in [-0.1, -0.05) is 0 Å². The number of anilines is 2. The van der Waals surface area contributed by atoms with Crippen LogP contribution in [-0.4, -0.2) is 39.4 Å². The Kier molecular flexibility index (Phi) is 5.41. The van der Waals surface area contributed by atoms with Gasteiger partial charge in [0.1, 0.15) is 0 Å². The number of nitrogen functional groups attached to an aromatic ring is 1. The van der Waals surface area contributed by atoms with Crippen molar-refractivity contribution >= 4 is 17.3 Å². The fraction of sp³-hybridized carbons (Fsp3) is 0.417. The number of carbonyl (C=O) groups is 1. The summed E-state index contributed by atoms with van der Waals surface area (Å²) in [5, 5.41) is 3.13. The van der Waals surface area contributed by atoms with E-state index in [1.54, 1.807) is 32.4 Å². The number of ether oxygens (including phenoxy) is 2. The number of hydrogen-bond acceptors (Lipinski definition) is 5. The summed E-state index contributed by atoms with van der Waals surface area (Å²) in [5.74, 6) is -0.545. The summed E-state index contributed by atoms with van der Waals surface area (Å²) in [6, 6.07) is 5.04. The molecule has 6 nitrogen and oxygen atoms in total. The molecule has 100 valence electrons. The number of hydrogen-bond donors (Lipinski definition) is 3. The lowest BCUT2D eigenvalue weighted by molar-refractivity contribution is 0.0365.